The quantitative estimate of drug-likeness (QED) is 0.780. The first kappa shape index (κ1) is 14.3. The molecule has 1 atom stereocenters. The predicted molar refractivity (Wildman–Crippen MR) is 72.3 cm³/mol. The third kappa shape index (κ3) is 3.27. The second kappa shape index (κ2) is 5.92. The zero-order chi connectivity index (χ0) is 13.8. The van der Waals surface area contributed by atoms with Crippen molar-refractivity contribution in [2.75, 3.05) is 13.2 Å². The highest BCUT2D eigenvalue weighted by Crippen LogP contribution is 2.35. The Kier molecular flexibility index (Phi) is 4.46. The van der Waals surface area contributed by atoms with Gasteiger partial charge in [0.15, 0.2) is 0 Å². The number of nitrogens with zero attached hydrogens (tertiary/aromatic N) is 1. The van der Waals surface area contributed by atoms with Crippen molar-refractivity contribution < 1.29 is 9.53 Å². The summed E-state index contributed by atoms with van der Waals surface area (Å²) >= 11 is 0. The van der Waals surface area contributed by atoms with Gasteiger partial charge in [-0.25, -0.2) is 0 Å². The van der Waals surface area contributed by atoms with Crippen LogP contribution in [0.1, 0.15) is 58.3 Å². The topological polar surface area (TPSA) is 62.1 Å². The Morgan fingerprint density at radius 1 is 1.16 bits per heavy atom. The van der Waals surface area contributed by atoms with Gasteiger partial charge >= 0.3 is 0 Å². The maximum Gasteiger partial charge on any atom is 0.240 e. The van der Waals surface area contributed by atoms with Crippen LogP contribution in [0.5, 0.6) is 0 Å². The molecule has 1 saturated carbocycles. The van der Waals surface area contributed by atoms with Gasteiger partial charge in [-0.15, -0.1) is 0 Å². The molecule has 0 radical (unpaired) electrons. The maximum atomic E-state index is 12.6. The van der Waals surface area contributed by atoms with E-state index < -0.39 is 5.41 Å². The molecule has 0 aromatic rings. The van der Waals surface area contributed by atoms with Gasteiger partial charge in [0.1, 0.15) is 5.41 Å². The van der Waals surface area contributed by atoms with Crippen LogP contribution in [0.3, 0.4) is 0 Å². The van der Waals surface area contributed by atoms with Crippen molar-refractivity contribution in [2.45, 2.75) is 63.8 Å². The summed E-state index contributed by atoms with van der Waals surface area (Å²) in [5, 5.41) is 12.6. The predicted octanol–water partition coefficient (Wildman–Crippen LogP) is 2.54. The SMILES string of the molecule is CC1(NC(=O)C2(C#N)CCCCCC2)CCCOC1. The van der Waals surface area contributed by atoms with E-state index in [2.05, 4.69) is 11.4 Å². The van der Waals surface area contributed by atoms with Crippen LogP contribution < -0.4 is 5.32 Å². The minimum atomic E-state index is -0.809. The Balaban J connectivity index is 2.05. The Morgan fingerprint density at radius 2 is 1.84 bits per heavy atom. The van der Waals surface area contributed by atoms with Crippen LogP contribution in [-0.2, 0) is 9.53 Å². The summed E-state index contributed by atoms with van der Waals surface area (Å²) in [6.07, 6.45) is 7.53. The minimum Gasteiger partial charge on any atom is -0.379 e. The third-order valence-corrected chi connectivity index (χ3v) is 4.46. The summed E-state index contributed by atoms with van der Waals surface area (Å²) in [5.74, 6) is -0.0788. The van der Waals surface area contributed by atoms with Crippen LogP contribution in [0, 0.1) is 16.7 Å². The van der Waals surface area contributed by atoms with Crippen molar-refractivity contribution in [3.63, 3.8) is 0 Å². The fourth-order valence-electron chi connectivity index (χ4n) is 3.15. The van der Waals surface area contributed by atoms with Crippen LogP contribution in [0.25, 0.3) is 0 Å². The number of rotatable bonds is 2. The fourth-order valence-corrected chi connectivity index (χ4v) is 3.15. The Morgan fingerprint density at radius 3 is 2.37 bits per heavy atom. The molecule has 19 heavy (non-hydrogen) atoms. The number of carbonyl (C=O) groups is 1. The molecular weight excluding hydrogens is 240 g/mol. The average molecular weight is 264 g/mol. The number of amides is 1. The first-order valence-electron chi connectivity index (χ1n) is 7.42. The molecule has 1 N–H and O–H groups in total. The molecule has 1 amide bonds. The van der Waals surface area contributed by atoms with Gasteiger partial charge in [-0.05, 0) is 32.6 Å². The van der Waals surface area contributed by atoms with Crippen molar-refractivity contribution in [3.8, 4) is 6.07 Å². The molecule has 106 valence electrons. The molecule has 0 aromatic heterocycles. The molecule has 0 bridgehead atoms. The number of carbonyl (C=O) groups excluding carboxylic acids is 1. The fraction of sp³-hybridized carbons (Fsp3) is 0.867. The standard InChI is InChI=1S/C15H24N2O2/c1-14(7-6-10-19-12-14)17-13(18)15(11-16)8-4-2-3-5-9-15/h2-10,12H2,1H3,(H,17,18). The summed E-state index contributed by atoms with van der Waals surface area (Å²) in [6.45, 7) is 3.35. The van der Waals surface area contributed by atoms with E-state index in [-0.39, 0.29) is 11.4 Å². The summed E-state index contributed by atoms with van der Waals surface area (Å²) in [7, 11) is 0. The maximum absolute atomic E-state index is 12.6. The van der Waals surface area contributed by atoms with Crippen molar-refractivity contribution in [2.24, 2.45) is 5.41 Å². The zero-order valence-electron chi connectivity index (χ0n) is 11.8. The molecule has 2 aliphatic rings. The lowest BCUT2D eigenvalue weighted by Gasteiger charge is -2.37. The number of nitriles is 1. The third-order valence-electron chi connectivity index (χ3n) is 4.46. The second-order valence-corrected chi connectivity index (χ2v) is 6.28. The summed E-state index contributed by atoms with van der Waals surface area (Å²) in [4.78, 5) is 12.6. The molecule has 1 aliphatic heterocycles. The summed E-state index contributed by atoms with van der Waals surface area (Å²) in [5.41, 5.74) is -1.11. The monoisotopic (exact) mass is 264 g/mol. The van der Waals surface area contributed by atoms with Crippen molar-refractivity contribution in [1.82, 2.24) is 5.32 Å². The molecule has 2 fully saturated rings. The molecule has 1 heterocycles. The summed E-state index contributed by atoms with van der Waals surface area (Å²) < 4.78 is 5.47. The van der Waals surface area contributed by atoms with E-state index in [1.165, 1.54) is 0 Å². The summed E-state index contributed by atoms with van der Waals surface area (Å²) in [6, 6.07) is 2.31. The van der Waals surface area contributed by atoms with Crippen molar-refractivity contribution in [3.05, 3.63) is 0 Å². The number of ether oxygens (including phenoxy) is 1. The largest absolute Gasteiger partial charge is 0.379 e. The Labute approximate surface area is 115 Å². The van der Waals surface area contributed by atoms with E-state index in [9.17, 15) is 10.1 Å². The van der Waals surface area contributed by atoms with E-state index in [0.717, 1.165) is 45.1 Å². The molecule has 4 nitrogen and oxygen atoms in total. The van der Waals surface area contributed by atoms with E-state index in [4.69, 9.17) is 4.74 Å². The average Bonchev–Trinajstić information content (AvgIpc) is 2.65. The molecule has 2 rings (SSSR count). The Hall–Kier alpha value is -1.08. The minimum absolute atomic E-state index is 0.0788. The van der Waals surface area contributed by atoms with Gasteiger partial charge in [0, 0.05) is 6.61 Å². The second-order valence-electron chi connectivity index (χ2n) is 6.28. The van der Waals surface area contributed by atoms with Crippen LogP contribution in [0.4, 0.5) is 0 Å². The van der Waals surface area contributed by atoms with Gasteiger partial charge in [-0.1, -0.05) is 25.7 Å². The molecule has 1 unspecified atom stereocenters. The normalized spacial score (nSPS) is 30.9. The van der Waals surface area contributed by atoms with Gasteiger partial charge in [-0.2, -0.15) is 5.26 Å². The lowest BCUT2D eigenvalue weighted by atomic mass is 9.79. The van der Waals surface area contributed by atoms with Crippen LogP contribution in [0.2, 0.25) is 0 Å². The Bertz CT molecular complexity index is 359. The highest BCUT2D eigenvalue weighted by molar-refractivity contribution is 5.86. The van der Waals surface area contributed by atoms with Crippen LogP contribution >= 0.6 is 0 Å². The zero-order valence-corrected chi connectivity index (χ0v) is 11.8. The number of nitrogens with one attached hydrogen (secondary N) is 1. The highest BCUT2D eigenvalue weighted by Gasteiger charge is 2.42. The molecular formula is C15H24N2O2. The van der Waals surface area contributed by atoms with Gasteiger partial charge in [0.25, 0.3) is 0 Å². The molecule has 0 aromatic carbocycles. The van der Waals surface area contributed by atoms with E-state index in [0.29, 0.717) is 19.4 Å². The van der Waals surface area contributed by atoms with E-state index in [1.807, 2.05) is 6.92 Å². The van der Waals surface area contributed by atoms with Crippen molar-refractivity contribution >= 4 is 5.91 Å². The number of hydrogen-bond acceptors (Lipinski definition) is 3. The first-order valence-corrected chi connectivity index (χ1v) is 7.42. The van der Waals surface area contributed by atoms with Gasteiger partial charge in [0.05, 0.1) is 18.2 Å². The van der Waals surface area contributed by atoms with Gasteiger partial charge < -0.3 is 10.1 Å². The molecule has 1 saturated heterocycles. The molecule has 4 heteroatoms. The van der Waals surface area contributed by atoms with Crippen LogP contribution in [0.15, 0.2) is 0 Å². The van der Waals surface area contributed by atoms with E-state index in [1.54, 1.807) is 0 Å². The van der Waals surface area contributed by atoms with Crippen molar-refractivity contribution in [1.29, 1.82) is 5.26 Å². The molecule has 0 spiro atoms. The van der Waals surface area contributed by atoms with Gasteiger partial charge in [0.2, 0.25) is 5.91 Å². The lowest BCUT2D eigenvalue weighted by Crippen LogP contribution is -2.55. The van der Waals surface area contributed by atoms with Gasteiger partial charge in [-0.3, -0.25) is 4.79 Å². The molecule has 1 aliphatic carbocycles. The smallest absolute Gasteiger partial charge is 0.240 e. The lowest BCUT2D eigenvalue weighted by molar-refractivity contribution is -0.132. The number of hydrogen-bond donors (Lipinski definition) is 1. The first-order chi connectivity index (χ1) is 9.10. The van der Waals surface area contributed by atoms with Crippen LogP contribution in [-0.4, -0.2) is 24.7 Å². The highest BCUT2D eigenvalue weighted by atomic mass is 16.5. The van der Waals surface area contributed by atoms with E-state index >= 15 is 0 Å².